The fourth-order valence-electron chi connectivity index (χ4n) is 2.51. The lowest BCUT2D eigenvalue weighted by atomic mass is 10.0. The predicted molar refractivity (Wildman–Crippen MR) is 78.0 cm³/mol. The molecule has 5 nitrogen and oxygen atoms in total. The Kier molecular flexibility index (Phi) is 4.52. The first-order valence-electron chi connectivity index (χ1n) is 6.73. The molecule has 20 heavy (non-hydrogen) atoms. The topological polar surface area (TPSA) is 56.7 Å². The number of carbonyl (C=O) groups excluding carboxylic acids is 1. The van der Waals surface area contributed by atoms with Crippen LogP contribution in [0.2, 0.25) is 0 Å². The zero-order valence-corrected chi connectivity index (χ0v) is 12.0. The van der Waals surface area contributed by atoms with E-state index in [1.54, 1.807) is 29.4 Å². The van der Waals surface area contributed by atoms with Gasteiger partial charge in [-0.25, -0.2) is 0 Å². The fraction of sp³-hybridized carbons (Fsp3) is 0.467. The average Bonchev–Trinajstić information content (AvgIpc) is 2.78. The van der Waals surface area contributed by atoms with Crippen LogP contribution in [-0.4, -0.2) is 65.1 Å². The Labute approximate surface area is 119 Å². The molecule has 2 heterocycles. The summed E-state index contributed by atoms with van der Waals surface area (Å²) in [4.78, 5) is 19.7. The highest BCUT2D eigenvalue weighted by molar-refractivity contribution is 5.92. The first-order valence-corrected chi connectivity index (χ1v) is 6.73. The van der Waals surface area contributed by atoms with Crippen LogP contribution < -0.4 is 0 Å². The van der Waals surface area contributed by atoms with Crippen LogP contribution in [-0.2, 0) is 4.79 Å². The van der Waals surface area contributed by atoms with E-state index in [1.165, 1.54) is 0 Å². The molecule has 0 radical (unpaired) electrons. The number of aromatic nitrogens is 1. The number of aliphatic hydroxyl groups is 1. The Bertz CT molecular complexity index is 487. The lowest BCUT2D eigenvalue weighted by Gasteiger charge is -2.26. The third-order valence-electron chi connectivity index (χ3n) is 3.38. The molecule has 0 bridgehead atoms. The van der Waals surface area contributed by atoms with Crippen molar-refractivity contribution in [3.63, 3.8) is 0 Å². The number of nitrogens with zero attached hydrogens (tertiary/aromatic N) is 3. The molecule has 1 amide bonds. The molecular formula is C15H21N3O2. The van der Waals surface area contributed by atoms with Crippen LogP contribution in [0.15, 0.2) is 30.6 Å². The number of carbonyl (C=O) groups is 1. The Balaban J connectivity index is 1.93. The third-order valence-corrected chi connectivity index (χ3v) is 3.38. The van der Waals surface area contributed by atoms with Crippen molar-refractivity contribution < 1.29 is 9.90 Å². The van der Waals surface area contributed by atoms with E-state index in [0.717, 1.165) is 5.56 Å². The number of pyridine rings is 1. The molecule has 1 N–H and O–H groups in total. The molecule has 0 aromatic carbocycles. The number of β-amino-alcohol motifs (C(OH)–C–C–N with tert-alkyl or cyclic N) is 1. The minimum absolute atomic E-state index is 0.0588. The van der Waals surface area contributed by atoms with Crippen molar-refractivity contribution in [2.24, 2.45) is 0 Å². The molecule has 1 aromatic rings. The standard InChI is InChI=1S/C15H21N3O2/c1-17(2)11-15(20)7-10-18(12-15)14(19)4-3-13-5-8-16-9-6-13/h3-6,8-9,20H,7,10-12H2,1-2H3/b4-3+/t15-/m1/s1. The van der Waals surface area contributed by atoms with E-state index >= 15 is 0 Å². The Hall–Kier alpha value is -1.72. The van der Waals surface area contributed by atoms with Gasteiger partial charge in [0.2, 0.25) is 5.91 Å². The summed E-state index contributed by atoms with van der Waals surface area (Å²) >= 11 is 0. The van der Waals surface area contributed by atoms with Crippen LogP contribution in [0.3, 0.4) is 0 Å². The normalized spacial score (nSPS) is 22.9. The van der Waals surface area contributed by atoms with Crippen molar-refractivity contribution in [2.75, 3.05) is 33.7 Å². The Morgan fingerprint density at radius 3 is 2.85 bits per heavy atom. The first kappa shape index (κ1) is 14.7. The second-order valence-corrected chi connectivity index (χ2v) is 5.59. The summed E-state index contributed by atoms with van der Waals surface area (Å²) in [7, 11) is 3.84. The number of likely N-dealkylation sites (tertiary alicyclic amines) is 1. The number of amides is 1. The maximum absolute atomic E-state index is 12.1. The summed E-state index contributed by atoms with van der Waals surface area (Å²) in [6.45, 7) is 1.57. The van der Waals surface area contributed by atoms with Crippen LogP contribution in [0, 0.1) is 0 Å². The van der Waals surface area contributed by atoms with Gasteiger partial charge in [0.25, 0.3) is 0 Å². The minimum Gasteiger partial charge on any atom is -0.387 e. The number of likely N-dealkylation sites (N-methyl/N-ethyl adjacent to an activating group) is 1. The van der Waals surface area contributed by atoms with Crippen molar-refractivity contribution in [1.82, 2.24) is 14.8 Å². The summed E-state index contributed by atoms with van der Waals surface area (Å²) in [5, 5.41) is 10.4. The highest BCUT2D eigenvalue weighted by atomic mass is 16.3. The van der Waals surface area contributed by atoms with Gasteiger partial charge in [0, 0.05) is 31.6 Å². The van der Waals surface area contributed by atoms with Gasteiger partial charge in [-0.05, 0) is 44.3 Å². The van der Waals surface area contributed by atoms with Crippen LogP contribution in [0.25, 0.3) is 6.08 Å². The third kappa shape index (κ3) is 3.88. The van der Waals surface area contributed by atoms with Crippen molar-refractivity contribution in [3.05, 3.63) is 36.2 Å². The van der Waals surface area contributed by atoms with E-state index in [1.807, 2.05) is 31.1 Å². The van der Waals surface area contributed by atoms with E-state index in [9.17, 15) is 9.90 Å². The zero-order valence-electron chi connectivity index (χ0n) is 12.0. The lowest BCUT2D eigenvalue weighted by Crippen LogP contribution is -2.43. The molecule has 2 rings (SSSR count). The second-order valence-electron chi connectivity index (χ2n) is 5.59. The predicted octanol–water partition coefficient (Wildman–Crippen LogP) is 0.620. The van der Waals surface area contributed by atoms with Gasteiger partial charge in [0.05, 0.1) is 12.1 Å². The van der Waals surface area contributed by atoms with Crippen molar-refractivity contribution in [2.45, 2.75) is 12.0 Å². The zero-order chi connectivity index (χ0) is 14.6. The van der Waals surface area contributed by atoms with Gasteiger partial charge in [0.15, 0.2) is 0 Å². The van der Waals surface area contributed by atoms with Crippen LogP contribution >= 0.6 is 0 Å². The van der Waals surface area contributed by atoms with Crippen LogP contribution in [0.1, 0.15) is 12.0 Å². The molecule has 1 aromatic heterocycles. The van der Waals surface area contributed by atoms with Crippen LogP contribution in [0.5, 0.6) is 0 Å². The van der Waals surface area contributed by atoms with Crippen LogP contribution in [0.4, 0.5) is 0 Å². The molecule has 5 heteroatoms. The summed E-state index contributed by atoms with van der Waals surface area (Å²) in [5.41, 5.74) is 0.153. The Morgan fingerprint density at radius 2 is 2.20 bits per heavy atom. The molecule has 1 atom stereocenters. The van der Waals surface area contributed by atoms with E-state index in [0.29, 0.717) is 26.1 Å². The number of rotatable bonds is 4. The van der Waals surface area contributed by atoms with E-state index in [2.05, 4.69) is 4.98 Å². The van der Waals surface area contributed by atoms with E-state index in [-0.39, 0.29) is 5.91 Å². The molecule has 1 fully saturated rings. The average molecular weight is 275 g/mol. The highest BCUT2D eigenvalue weighted by Crippen LogP contribution is 2.22. The van der Waals surface area contributed by atoms with Crippen molar-refractivity contribution >= 4 is 12.0 Å². The van der Waals surface area contributed by atoms with E-state index < -0.39 is 5.60 Å². The monoisotopic (exact) mass is 275 g/mol. The molecule has 0 unspecified atom stereocenters. The first-order chi connectivity index (χ1) is 9.48. The van der Waals surface area contributed by atoms with Gasteiger partial charge in [0.1, 0.15) is 0 Å². The van der Waals surface area contributed by atoms with Gasteiger partial charge in [-0.3, -0.25) is 9.78 Å². The van der Waals surface area contributed by atoms with Gasteiger partial charge in [-0.1, -0.05) is 0 Å². The fourth-order valence-corrected chi connectivity index (χ4v) is 2.51. The summed E-state index contributed by atoms with van der Waals surface area (Å²) in [6.07, 6.45) is 7.33. The summed E-state index contributed by atoms with van der Waals surface area (Å²) < 4.78 is 0. The summed E-state index contributed by atoms with van der Waals surface area (Å²) in [5.74, 6) is -0.0588. The molecular weight excluding hydrogens is 254 g/mol. The maximum Gasteiger partial charge on any atom is 0.246 e. The van der Waals surface area contributed by atoms with Crippen molar-refractivity contribution in [3.8, 4) is 0 Å². The molecule has 0 spiro atoms. The largest absolute Gasteiger partial charge is 0.387 e. The molecule has 0 saturated carbocycles. The highest BCUT2D eigenvalue weighted by Gasteiger charge is 2.37. The smallest absolute Gasteiger partial charge is 0.246 e. The SMILES string of the molecule is CN(C)C[C@]1(O)CCN(C(=O)/C=C/c2ccncc2)C1. The number of hydrogen-bond donors (Lipinski definition) is 1. The molecule has 1 saturated heterocycles. The molecule has 108 valence electrons. The molecule has 1 aliphatic rings. The van der Waals surface area contributed by atoms with Crippen molar-refractivity contribution in [1.29, 1.82) is 0 Å². The Morgan fingerprint density at radius 1 is 1.50 bits per heavy atom. The van der Waals surface area contributed by atoms with Gasteiger partial charge >= 0.3 is 0 Å². The summed E-state index contributed by atoms with van der Waals surface area (Å²) in [6, 6.07) is 3.69. The maximum atomic E-state index is 12.1. The lowest BCUT2D eigenvalue weighted by molar-refractivity contribution is -0.126. The van der Waals surface area contributed by atoms with E-state index in [4.69, 9.17) is 0 Å². The number of hydrogen-bond acceptors (Lipinski definition) is 4. The second kappa shape index (κ2) is 6.15. The minimum atomic E-state index is -0.788. The molecule has 0 aliphatic carbocycles. The quantitative estimate of drug-likeness (QED) is 0.819. The van der Waals surface area contributed by atoms with Gasteiger partial charge in [-0.2, -0.15) is 0 Å². The molecule has 1 aliphatic heterocycles. The van der Waals surface area contributed by atoms with Gasteiger partial charge < -0.3 is 14.9 Å². The van der Waals surface area contributed by atoms with Gasteiger partial charge in [-0.15, -0.1) is 0 Å².